The summed E-state index contributed by atoms with van der Waals surface area (Å²) in [6, 6.07) is 13.3. The van der Waals surface area contributed by atoms with Crippen LogP contribution >= 0.6 is 11.3 Å². The minimum atomic E-state index is -0.00853. The fraction of sp³-hybridized carbons (Fsp3) is 0.304. The molecule has 0 N–H and O–H groups in total. The van der Waals surface area contributed by atoms with Crippen LogP contribution in [-0.2, 0) is 4.79 Å². The molecule has 164 valence electrons. The maximum absolute atomic E-state index is 12.7. The van der Waals surface area contributed by atoms with E-state index < -0.39 is 0 Å². The summed E-state index contributed by atoms with van der Waals surface area (Å²) < 4.78 is 5.79. The van der Waals surface area contributed by atoms with Crippen LogP contribution in [0.5, 0.6) is 11.5 Å². The van der Waals surface area contributed by atoms with Crippen LogP contribution in [0.2, 0.25) is 0 Å². The van der Waals surface area contributed by atoms with E-state index in [2.05, 4.69) is 14.9 Å². The monoisotopic (exact) mass is 449 g/mol. The van der Waals surface area contributed by atoms with Gasteiger partial charge in [0.25, 0.3) is 5.91 Å². The number of carbonyl (C=O) groups excluding carboxylic acids is 2. The topological polar surface area (TPSA) is 78.9 Å². The van der Waals surface area contributed by atoms with Gasteiger partial charge in [-0.15, -0.1) is 11.3 Å². The molecule has 32 heavy (non-hydrogen) atoms. The second kappa shape index (κ2) is 9.05. The van der Waals surface area contributed by atoms with E-state index in [0.717, 1.165) is 18.8 Å². The molecule has 0 radical (unpaired) electrons. The molecule has 2 aliphatic heterocycles. The van der Waals surface area contributed by atoms with Gasteiger partial charge in [0.1, 0.15) is 17.3 Å². The molecule has 0 saturated carbocycles. The number of amides is 2. The molecule has 1 unspecified atom stereocenters. The lowest BCUT2D eigenvalue weighted by molar-refractivity contribution is -0.117. The SMILES string of the molecule is O=C(c1nccs1)N1CCN(C2CC(=O)N(c3ccc(Oc4ccccc4)cn3)C2)CC1. The van der Waals surface area contributed by atoms with Crippen molar-refractivity contribution in [3.63, 3.8) is 0 Å². The minimum Gasteiger partial charge on any atom is -0.456 e. The van der Waals surface area contributed by atoms with Gasteiger partial charge in [0.15, 0.2) is 5.01 Å². The Morgan fingerprint density at radius 3 is 2.50 bits per heavy atom. The molecule has 4 heterocycles. The first-order valence-corrected chi connectivity index (χ1v) is 11.5. The third kappa shape index (κ3) is 4.35. The highest BCUT2D eigenvalue weighted by Gasteiger charge is 2.36. The maximum Gasteiger partial charge on any atom is 0.282 e. The molecule has 0 aliphatic carbocycles. The number of nitrogens with zero attached hydrogens (tertiary/aromatic N) is 5. The molecule has 1 aromatic carbocycles. The molecular formula is C23H23N5O3S. The Kier molecular flexibility index (Phi) is 5.83. The molecule has 2 aliphatic rings. The number of para-hydroxylation sites is 1. The standard InChI is InChI=1S/C23H23N5O3S/c29-21-14-17(26-9-11-27(12-10-26)23(30)22-24-8-13-32-22)16-28(21)20-7-6-19(15-25-20)31-18-4-2-1-3-5-18/h1-8,13,15,17H,9-12,14,16H2. The van der Waals surface area contributed by atoms with Gasteiger partial charge in [-0.1, -0.05) is 18.2 Å². The zero-order chi connectivity index (χ0) is 21.9. The molecule has 0 bridgehead atoms. The van der Waals surface area contributed by atoms with Gasteiger partial charge in [-0.2, -0.15) is 0 Å². The number of piperazine rings is 1. The second-order valence-electron chi connectivity index (χ2n) is 7.79. The molecule has 2 saturated heterocycles. The summed E-state index contributed by atoms with van der Waals surface area (Å²) in [5.41, 5.74) is 0. The van der Waals surface area contributed by atoms with E-state index in [-0.39, 0.29) is 17.9 Å². The second-order valence-corrected chi connectivity index (χ2v) is 8.69. The number of thiazole rings is 1. The quantitative estimate of drug-likeness (QED) is 0.596. The number of pyridine rings is 1. The van der Waals surface area contributed by atoms with Gasteiger partial charge in [-0.25, -0.2) is 9.97 Å². The summed E-state index contributed by atoms with van der Waals surface area (Å²) in [7, 11) is 0. The van der Waals surface area contributed by atoms with Gasteiger partial charge in [-0.3, -0.25) is 19.4 Å². The van der Waals surface area contributed by atoms with Crippen LogP contribution in [0, 0.1) is 0 Å². The number of anilines is 1. The number of rotatable bonds is 5. The minimum absolute atomic E-state index is 0.00853. The number of aromatic nitrogens is 2. The molecule has 1 atom stereocenters. The van der Waals surface area contributed by atoms with Crippen molar-refractivity contribution in [3.05, 3.63) is 65.2 Å². The summed E-state index contributed by atoms with van der Waals surface area (Å²) in [6.07, 6.45) is 3.76. The van der Waals surface area contributed by atoms with Crippen LogP contribution in [0.25, 0.3) is 0 Å². The van der Waals surface area contributed by atoms with Crippen molar-refractivity contribution in [1.29, 1.82) is 0 Å². The summed E-state index contributed by atoms with van der Waals surface area (Å²) >= 11 is 1.37. The molecule has 3 aromatic rings. The van der Waals surface area contributed by atoms with E-state index in [4.69, 9.17) is 4.74 Å². The normalized spacial score (nSPS) is 19.4. The summed E-state index contributed by atoms with van der Waals surface area (Å²) in [5, 5.41) is 2.35. The molecule has 5 rings (SSSR count). The highest BCUT2D eigenvalue weighted by atomic mass is 32.1. The lowest BCUT2D eigenvalue weighted by atomic mass is 10.2. The van der Waals surface area contributed by atoms with E-state index in [1.54, 1.807) is 17.3 Å². The van der Waals surface area contributed by atoms with Crippen molar-refractivity contribution < 1.29 is 14.3 Å². The van der Waals surface area contributed by atoms with Crippen molar-refractivity contribution in [2.45, 2.75) is 12.5 Å². The number of benzene rings is 1. The first kappa shape index (κ1) is 20.6. The fourth-order valence-corrected chi connectivity index (χ4v) is 4.73. The zero-order valence-corrected chi connectivity index (χ0v) is 18.3. The van der Waals surface area contributed by atoms with Crippen molar-refractivity contribution in [1.82, 2.24) is 19.8 Å². The van der Waals surface area contributed by atoms with E-state index in [1.165, 1.54) is 11.3 Å². The summed E-state index contributed by atoms with van der Waals surface area (Å²) in [5.74, 6) is 2.07. The number of hydrogen-bond donors (Lipinski definition) is 0. The predicted octanol–water partition coefficient (Wildman–Crippen LogP) is 2.89. The third-order valence-electron chi connectivity index (χ3n) is 5.81. The number of carbonyl (C=O) groups is 2. The molecule has 2 aromatic heterocycles. The van der Waals surface area contributed by atoms with E-state index >= 15 is 0 Å². The Morgan fingerprint density at radius 1 is 1.00 bits per heavy atom. The molecular weight excluding hydrogens is 426 g/mol. The van der Waals surface area contributed by atoms with Crippen LogP contribution in [0.15, 0.2) is 60.2 Å². The Morgan fingerprint density at radius 2 is 1.81 bits per heavy atom. The molecule has 2 fully saturated rings. The van der Waals surface area contributed by atoms with Crippen molar-refractivity contribution in [2.24, 2.45) is 0 Å². The average molecular weight is 450 g/mol. The largest absolute Gasteiger partial charge is 0.456 e. The molecule has 0 spiro atoms. The van der Waals surface area contributed by atoms with E-state index in [1.807, 2.05) is 52.7 Å². The Bertz CT molecular complexity index is 1070. The Hall–Kier alpha value is -3.30. The van der Waals surface area contributed by atoms with Crippen LogP contribution < -0.4 is 9.64 Å². The van der Waals surface area contributed by atoms with Gasteiger partial charge in [0.05, 0.1) is 6.20 Å². The predicted molar refractivity (Wildman–Crippen MR) is 121 cm³/mol. The van der Waals surface area contributed by atoms with Crippen LogP contribution in [-0.4, -0.2) is 70.3 Å². The zero-order valence-electron chi connectivity index (χ0n) is 17.5. The van der Waals surface area contributed by atoms with Crippen molar-refractivity contribution >= 4 is 29.0 Å². The van der Waals surface area contributed by atoms with E-state index in [0.29, 0.717) is 42.6 Å². The first-order valence-electron chi connectivity index (χ1n) is 10.6. The third-order valence-corrected chi connectivity index (χ3v) is 6.58. The lowest BCUT2D eigenvalue weighted by Gasteiger charge is -2.37. The average Bonchev–Trinajstić information content (AvgIpc) is 3.50. The van der Waals surface area contributed by atoms with Gasteiger partial charge < -0.3 is 9.64 Å². The van der Waals surface area contributed by atoms with Gasteiger partial charge in [0.2, 0.25) is 5.91 Å². The van der Waals surface area contributed by atoms with Crippen molar-refractivity contribution in [3.8, 4) is 11.5 Å². The highest BCUT2D eigenvalue weighted by molar-refractivity contribution is 7.11. The van der Waals surface area contributed by atoms with Gasteiger partial charge in [-0.05, 0) is 24.3 Å². The van der Waals surface area contributed by atoms with Crippen LogP contribution in [0.3, 0.4) is 0 Å². The van der Waals surface area contributed by atoms with Gasteiger partial charge in [0, 0.05) is 56.8 Å². The maximum atomic E-state index is 12.7. The lowest BCUT2D eigenvalue weighted by Crippen LogP contribution is -2.52. The summed E-state index contributed by atoms with van der Waals surface area (Å²) in [6.45, 7) is 3.39. The fourth-order valence-electron chi connectivity index (χ4n) is 4.13. The first-order chi connectivity index (χ1) is 15.7. The smallest absolute Gasteiger partial charge is 0.282 e. The van der Waals surface area contributed by atoms with E-state index in [9.17, 15) is 9.59 Å². The molecule has 8 nitrogen and oxygen atoms in total. The van der Waals surface area contributed by atoms with Gasteiger partial charge >= 0.3 is 0 Å². The molecule has 9 heteroatoms. The Balaban J connectivity index is 1.17. The van der Waals surface area contributed by atoms with Crippen molar-refractivity contribution in [2.75, 3.05) is 37.6 Å². The van der Waals surface area contributed by atoms with Crippen LogP contribution in [0.1, 0.15) is 16.2 Å². The summed E-state index contributed by atoms with van der Waals surface area (Å²) in [4.78, 5) is 39.6. The highest BCUT2D eigenvalue weighted by Crippen LogP contribution is 2.26. The molecule has 2 amide bonds. The Labute approximate surface area is 190 Å². The number of hydrogen-bond acceptors (Lipinski definition) is 7. The van der Waals surface area contributed by atoms with Crippen LogP contribution in [0.4, 0.5) is 5.82 Å². The number of ether oxygens (including phenoxy) is 1.